The lowest BCUT2D eigenvalue weighted by molar-refractivity contribution is -0.124. The van der Waals surface area contributed by atoms with E-state index in [1.54, 1.807) is 12.1 Å². The number of phenolic OH excluding ortho intramolecular Hbond substituents is 1. The molecule has 0 saturated carbocycles. The van der Waals surface area contributed by atoms with Gasteiger partial charge in [-0.2, -0.15) is 0 Å². The van der Waals surface area contributed by atoms with Gasteiger partial charge in [-0.3, -0.25) is 4.79 Å². The van der Waals surface area contributed by atoms with Crippen LogP contribution in [0.15, 0.2) is 53.7 Å². The highest BCUT2D eigenvalue weighted by Gasteiger charge is 2.14. The Hall–Kier alpha value is -2.67. The summed E-state index contributed by atoms with van der Waals surface area (Å²) < 4.78 is 0.930. The van der Waals surface area contributed by atoms with E-state index in [0.717, 1.165) is 41.4 Å². The van der Waals surface area contributed by atoms with E-state index in [2.05, 4.69) is 37.7 Å². The minimum Gasteiger partial charge on any atom is -0.507 e. The second kappa shape index (κ2) is 8.14. The number of nitrogens with zero attached hydrogens (tertiary/aromatic N) is 3. The van der Waals surface area contributed by atoms with E-state index in [4.69, 9.17) is 0 Å². The van der Waals surface area contributed by atoms with Crippen LogP contribution in [0.5, 0.6) is 5.75 Å². The number of fused-ring (bicyclic) bond motifs is 1. The van der Waals surface area contributed by atoms with E-state index in [1.165, 1.54) is 6.08 Å². The second-order valence-corrected chi connectivity index (χ2v) is 6.74. The van der Waals surface area contributed by atoms with Gasteiger partial charge in [-0.15, -0.1) is 10.2 Å². The van der Waals surface area contributed by atoms with Gasteiger partial charge < -0.3 is 15.0 Å². The quantitative estimate of drug-likeness (QED) is 0.623. The molecule has 7 heteroatoms. The molecule has 6 nitrogen and oxygen atoms in total. The molecule has 0 aliphatic carbocycles. The van der Waals surface area contributed by atoms with E-state index in [-0.39, 0.29) is 11.7 Å². The number of para-hydroxylation sites is 1. The SMILES string of the molecule is C=CC(=O)N1CCCC1.Oc1ccccc1-c1cc2c(Br)c[nH]c2nn1. The summed E-state index contributed by atoms with van der Waals surface area (Å²) >= 11 is 3.43. The number of halogens is 1. The van der Waals surface area contributed by atoms with Crippen LogP contribution in [0.2, 0.25) is 0 Å². The van der Waals surface area contributed by atoms with Crippen LogP contribution < -0.4 is 0 Å². The minimum atomic E-state index is 0.0764. The van der Waals surface area contributed by atoms with E-state index >= 15 is 0 Å². The average molecular weight is 415 g/mol. The largest absolute Gasteiger partial charge is 0.507 e. The molecule has 3 aromatic rings. The van der Waals surface area contributed by atoms with Gasteiger partial charge in [0.1, 0.15) is 5.75 Å². The van der Waals surface area contributed by atoms with Crippen molar-refractivity contribution in [3.05, 3.63) is 53.7 Å². The van der Waals surface area contributed by atoms with Gasteiger partial charge in [-0.05, 0) is 53.0 Å². The van der Waals surface area contributed by atoms with Crippen molar-refractivity contribution in [3.63, 3.8) is 0 Å². The number of H-pyrrole nitrogens is 1. The molecule has 1 fully saturated rings. The first kappa shape index (κ1) is 18.1. The molecule has 1 amide bonds. The van der Waals surface area contributed by atoms with Gasteiger partial charge in [0.05, 0.1) is 5.69 Å². The monoisotopic (exact) mass is 414 g/mol. The molecule has 0 spiro atoms. The maximum atomic E-state index is 10.8. The van der Waals surface area contributed by atoms with Crippen LogP contribution in [0, 0.1) is 0 Å². The number of aromatic hydroxyl groups is 1. The van der Waals surface area contributed by atoms with Crippen molar-refractivity contribution >= 4 is 32.9 Å². The third-order valence-electron chi connectivity index (χ3n) is 4.16. The molecular formula is C19H19BrN4O2. The zero-order chi connectivity index (χ0) is 18.5. The molecule has 1 saturated heterocycles. The fourth-order valence-electron chi connectivity index (χ4n) is 2.78. The third-order valence-corrected chi connectivity index (χ3v) is 4.82. The molecule has 1 aromatic carbocycles. The summed E-state index contributed by atoms with van der Waals surface area (Å²) in [5.41, 5.74) is 2.04. The van der Waals surface area contributed by atoms with Crippen LogP contribution in [0.1, 0.15) is 12.8 Å². The van der Waals surface area contributed by atoms with Gasteiger partial charge in [-0.1, -0.05) is 18.7 Å². The highest BCUT2D eigenvalue weighted by atomic mass is 79.9. The molecule has 3 heterocycles. The molecule has 1 aliphatic heterocycles. The number of aromatic nitrogens is 3. The Kier molecular flexibility index (Phi) is 5.68. The van der Waals surface area contributed by atoms with E-state index in [0.29, 0.717) is 11.3 Å². The van der Waals surface area contributed by atoms with Gasteiger partial charge in [0.15, 0.2) is 5.65 Å². The lowest BCUT2D eigenvalue weighted by Crippen LogP contribution is -2.25. The van der Waals surface area contributed by atoms with Gasteiger partial charge in [0.2, 0.25) is 5.91 Å². The summed E-state index contributed by atoms with van der Waals surface area (Å²) in [7, 11) is 0. The topological polar surface area (TPSA) is 82.1 Å². The van der Waals surface area contributed by atoms with Gasteiger partial charge >= 0.3 is 0 Å². The zero-order valence-electron chi connectivity index (χ0n) is 14.2. The number of hydrogen-bond donors (Lipinski definition) is 2. The predicted molar refractivity (Wildman–Crippen MR) is 105 cm³/mol. The fourth-order valence-corrected chi connectivity index (χ4v) is 3.20. The van der Waals surface area contributed by atoms with Crippen molar-refractivity contribution in [2.24, 2.45) is 0 Å². The highest BCUT2D eigenvalue weighted by molar-refractivity contribution is 9.10. The molecule has 134 valence electrons. The number of likely N-dealkylation sites (tertiary alicyclic amines) is 1. The van der Waals surface area contributed by atoms with Crippen LogP contribution in [-0.2, 0) is 4.79 Å². The molecule has 1 aliphatic rings. The Balaban J connectivity index is 0.000000185. The van der Waals surface area contributed by atoms with Crippen LogP contribution in [0.4, 0.5) is 0 Å². The Morgan fingerprint density at radius 3 is 2.69 bits per heavy atom. The minimum absolute atomic E-state index is 0.0764. The normalized spacial score (nSPS) is 13.3. The maximum absolute atomic E-state index is 10.8. The molecule has 0 unspecified atom stereocenters. The second-order valence-electron chi connectivity index (χ2n) is 5.88. The fraction of sp³-hybridized carbons (Fsp3) is 0.211. The number of rotatable bonds is 2. The maximum Gasteiger partial charge on any atom is 0.245 e. The number of amides is 1. The molecule has 4 rings (SSSR count). The van der Waals surface area contributed by atoms with Gasteiger partial charge in [0.25, 0.3) is 0 Å². The van der Waals surface area contributed by atoms with Crippen LogP contribution >= 0.6 is 15.9 Å². The Bertz CT molecular complexity index is 932. The molecular weight excluding hydrogens is 396 g/mol. The predicted octanol–water partition coefficient (Wildman–Crippen LogP) is 3.89. The number of hydrogen-bond acceptors (Lipinski definition) is 4. The Morgan fingerprint density at radius 2 is 2.00 bits per heavy atom. The van der Waals surface area contributed by atoms with Crippen molar-refractivity contribution in [2.45, 2.75) is 12.8 Å². The van der Waals surface area contributed by atoms with Crippen molar-refractivity contribution in [3.8, 4) is 17.0 Å². The van der Waals surface area contributed by atoms with Crippen LogP contribution in [-0.4, -0.2) is 44.2 Å². The van der Waals surface area contributed by atoms with E-state index in [1.807, 2.05) is 29.3 Å². The summed E-state index contributed by atoms with van der Waals surface area (Å²) in [5, 5.41) is 18.9. The summed E-state index contributed by atoms with van der Waals surface area (Å²) in [4.78, 5) is 15.6. The third kappa shape index (κ3) is 3.94. The van der Waals surface area contributed by atoms with Crippen molar-refractivity contribution in [1.82, 2.24) is 20.1 Å². The first-order chi connectivity index (χ1) is 12.6. The molecule has 0 radical (unpaired) electrons. The molecule has 0 atom stereocenters. The van der Waals surface area contributed by atoms with Gasteiger partial charge in [0, 0.05) is 34.7 Å². The number of carbonyl (C=O) groups excluding carboxylic acids is 1. The number of carbonyl (C=O) groups is 1. The van der Waals surface area contributed by atoms with Crippen molar-refractivity contribution < 1.29 is 9.90 Å². The van der Waals surface area contributed by atoms with Crippen LogP contribution in [0.25, 0.3) is 22.3 Å². The zero-order valence-corrected chi connectivity index (χ0v) is 15.7. The van der Waals surface area contributed by atoms with Crippen LogP contribution in [0.3, 0.4) is 0 Å². The molecule has 2 aromatic heterocycles. The molecule has 2 N–H and O–H groups in total. The summed E-state index contributed by atoms with van der Waals surface area (Å²) in [6.45, 7) is 5.26. The molecule has 0 bridgehead atoms. The summed E-state index contributed by atoms with van der Waals surface area (Å²) in [6, 6.07) is 8.96. The lowest BCUT2D eigenvalue weighted by atomic mass is 10.1. The number of nitrogens with one attached hydrogen (secondary N) is 1. The summed E-state index contributed by atoms with van der Waals surface area (Å²) in [6.07, 6.45) is 5.50. The average Bonchev–Trinajstić information content (AvgIpc) is 3.32. The van der Waals surface area contributed by atoms with Crippen molar-refractivity contribution in [1.29, 1.82) is 0 Å². The standard InChI is InChI=1S/C12H8BrN3O.C7H11NO/c13-9-6-14-12-8(9)5-10(15-16-12)7-3-1-2-4-11(7)17;1-2-7(9)8-5-3-4-6-8/h1-6,17H,(H,14,16);2H,1,3-6H2. The van der Waals surface area contributed by atoms with E-state index < -0.39 is 0 Å². The number of aromatic amines is 1. The van der Waals surface area contributed by atoms with E-state index in [9.17, 15) is 9.90 Å². The summed E-state index contributed by atoms with van der Waals surface area (Å²) in [5.74, 6) is 0.278. The first-order valence-electron chi connectivity index (χ1n) is 8.30. The van der Waals surface area contributed by atoms with Gasteiger partial charge in [-0.25, -0.2) is 0 Å². The molecule has 26 heavy (non-hydrogen) atoms. The smallest absolute Gasteiger partial charge is 0.245 e. The Morgan fingerprint density at radius 1 is 1.27 bits per heavy atom. The number of phenols is 1. The Labute approximate surface area is 159 Å². The number of benzene rings is 1. The highest BCUT2D eigenvalue weighted by Crippen LogP contribution is 2.30. The van der Waals surface area contributed by atoms with Crippen molar-refractivity contribution in [2.75, 3.05) is 13.1 Å². The lowest BCUT2D eigenvalue weighted by Gasteiger charge is -2.10. The first-order valence-corrected chi connectivity index (χ1v) is 9.09.